The second kappa shape index (κ2) is 7.99. The first-order chi connectivity index (χ1) is 9.47. The minimum absolute atomic E-state index is 0.180. The number of nitrogens with one attached hydrogen (secondary N) is 1. The monoisotopic (exact) mass is 283 g/mol. The van der Waals surface area contributed by atoms with Gasteiger partial charge in [-0.2, -0.15) is 0 Å². The van der Waals surface area contributed by atoms with Gasteiger partial charge in [0.15, 0.2) is 0 Å². The number of unbranched alkanes of at least 4 members (excludes halogenated alkanes) is 2. The topological polar surface area (TPSA) is 92.5 Å². The van der Waals surface area contributed by atoms with E-state index in [1.54, 1.807) is 0 Å². The van der Waals surface area contributed by atoms with Crippen LogP contribution in [0, 0.1) is 0 Å². The number of carbonyl (C=O) groups is 3. The van der Waals surface area contributed by atoms with E-state index < -0.39 is 17.7 Å². The number of likely N-dealkylation sites (N-methyl/N-ethyl adjacent to an activating group) is 1. The lowest BCUT2D eigenvalue weighted by Gasteiger charge is -2.22. The van der Waals surface area contributed by atoms with Gasteiger partial charge in [-0.3, -0.25) is 19.3 Å². The zero-order valence-electron chi connectivity index (χ0n) is 12.4. The van der Waals surface area contributed by atoms with E-state index in [0.29, 0.717) is 6.42 Å². The van der Waals surface area contributed by atoms with E-state index in [2.05, 4.69) is 12.2 Å². The molecule has 1 rings (SSSR count). The van der Waals surface area contributed by atoms with E-state index in [4.69, 9.17) is 5.73 Å². The standard InChI is InChI=1S/C14H25N3O3/c1-3-4-5-7-10(12(18)13(15)19)16-14(20)11-8-6-9-17(11)2/h10-11H,3-9H2,1-2H3,(H2,15,19)(H,16,20). The van der Waals surface area contributed by atoms with E-state index in [0.717, 1.165) is 38.6 Å². The van der Waals surface area contributed by atoms with Gasteiger partial charge in [0, 0.05) is 0 Å². The second-order valence-corrected chi connectivity index (χ2v) is 5.42. The molecular formula is C14H25N3O3. The number of likely N-dealkylation sites (tertiary alicyclic amines) is 1. The van der Waals surface area contributed by atoms with Crippen molar-refractivity contribution in [1.82, 2.24) is 10.2 Å². The molecule has 1 saturated heterocycles. The van der Waals surface area contributed by atoms with Crippen LogP contribution >= 0.6 is 0 Å². The molecule has 20 heavy (non-hydrogen) atoms. The first-order valence-corrected chi connectivity index (χ1v) is 7.31. The highest BCUT2D eigenvalue weighted by Gasteiger charge is 2.31. The minimum Gasteiger partial charge on any atom is -0.363 e. The van der Waals surface area contributed by atoms with E-state index in [9.17, 15) is 14.4 Å². The van der Waals surface area contributed by atoms with Gasteiger partial charge >= 0.3 is 0 Å². The Kier molecular flexibility index (Phi) is 6.64. The number of amides is 2. The highest BCUT2D eigenvalue weighted by molar-refractivity contribution is 6.37. The van der Waals surface area contributed by atoms with Crippen LogP contribution in [0.3, 0.4) is 0 Å². The first-order valence-electron chi connectivity index (χ1n) is 7.31. The summed E-state index contributed by atoms with van der Waals surface area (Å²) in [6, 6.07) is -0.982. The number of Topliss-reactive ketones (excluding diaryl/α,β-unsaturated/α-hetero) is 1. The fraction of sp³-hybridized carbons (Fsp3) is 0.786. The van der Waals surface area contributed by atoms with Gasteiger partial charge in [-0.15, -0.1) is 0 Å². The summed E-state index contributed by atoms with van der Waals surface area (Å²) < 4.78 is 0. The number of nitrogens with two attached hydrogens (primary N) is 1. The maximum atomic E-state index is 12.2. The zero-order chi connectivity index (χ0) is 15.1. The summed E-state index contributed by atoms with van der Waals surface area (Å²) in [5, 5.41) is 2.70. The quantitative estimate of drug-likeness (QED) is 0.491. The molecule has 0 bridgehead atoms. The smallest absolute Gasteiger partial charge is 0.287 e. The summed E-state index contributed by atoms with van der Waals surface area (Å²) >= 11 is 0. The Morgan fingerprint density at radius 1 is 1.35 bits per heavy atom. The van der Waals surface area contributed by atoms with Crippen LogP contribution in [0.1, 0.15) is 45.4 Å². The van der Waals surface area contributed by atoms with E-state index in [1.807, 2.05) is 11.9 Å². The third-order valence-electron chi connectivity index (χ3n) is 3.80. The molecule has 1 heterocycles. The van der Waals surface area contributed by atoms with Crippen molar-refractivity contribution < 1.29 is 14.4 Å². The van der Waals surface area contributed by atoms with Gasteiger partial charge in [0.25, 0.3) is 5.91 Å². The molecule has 2 atom stereocenters. The third kappa shape index (κ3) is 4.59. The van der Waals surface area contributed by atoms with Crippen LogP contribution < -0.4 is 11.1 Å². The molecule has 2 unspecified atom stereocenters. The van der Waals surface area contributed by atoms with Crippen molar-refractivity contribution >= 4 is 17.6 Å². The van der Waals surface area contributed by atoms with Gasteiger partial charge in [0.2, 0.25) is 11.7 Å². The molecule has 0 aromatic rings. The molecule has 0 radical (unpaired) electrons. The molecule has 0 saturated carbocycles. The van der Waals surface area contributed by atoms with Crippen LogP contribution in [-0.4, -0.2) is 48.2 Å². The number of rotatable bonds is 8. The lowest BCUT2D eigenvalue weighted by atomic mass is 10.0. The van der Waals surface area contributed by atoms with Crippen molar-refractivity contribution in [3.8, 4) is 0 Å². The van der Waals surface area contributed by atoms with Crippen molar-refractivity contribution in [3.05, 3.63) is 0 Å². The largest absolute Gasteiger partial charge is 0.363 e. The van der Waals surface area contributed by atoms with Crippen molar-refractivity contribution in [2.24, 2.45) is 5.73 Å². The minimum atomic E-state index is -0.980. The van der Waals surface area contributed by atoms with E-state index in [1.165, 1.54) is 0 Å². The first kappa shape index (κ1) is 16.6. The van der Waals surface area contributed by atoms with Gasteiger partial charge in [-0.25, -0.2) is 0 Å². The van der Waals surface area contributed by atoms with Crippen LogP contribution in [-0.2, 0) is 14.4 Å². The number of hydrogen-bond donors (Lipinski definition) is 2. The average Bonchev–Trinajstić information content (AvgIpc) is 2.83. The molecule has 1 aliphatic rings. The molecule has 2 amide bonds. The summed E-state index contributed by atoms with van der Waals surface area (Å²) in [6.45, 7) is 2.93. The molecule has 6 heteroatoms. The Hall–Kier alpha value is -1.43. The highest BCUT2D eigenvalue weighted by atomic mass is 16.2. The van der Waals surface area contributed by atoms with Gasteiger partial charge in [-0.1, -0.05) is 26.2 Å². The number of primary amides is 1. The number of ketones is 1. The Balaban J connectivity index is 2.60. The molecule has 114 valence electrons. The summed E-state index contributed by atoms with van der Waals surface area (Å²) in [5.41, 5.74) is 5.05. The molecule has 3 N–H and O–H groups in total. The fourth-order valence-corrected chi connectivity index (χ4v) is 2.55. The summed E-state index contributed by atoms with van der Waals surface area (Å²) in [5.74, 6) is -1.86. The predicted molar refractivity (Wildman–Crippen MR) is 75.9 cm³/mol. The SMILES string of the molecule is CCCCCC(NC(=O)C1CCCN1C)C(=O)C(N)=O. The second-order valence-electron chi connectivity index (χ2n) is 5.42. The summed E-state index contributed by atoms with van der Waals surface area (Å²) in [6.07, 6.45) is 4.99. The Labute approximate surface area is 120 Å². The van der Waals surface area contributed by atoms with Crippen LogP contribution in [0.25, 0.3) is 0 Å². The van der Waals surface area contributed by atoms with Crippen LogP contribution in [0.2, 0.25) is 0 Å². The maximum absolute atomic E-state index is 12.2. The Morgan fingerprint density at radius 2 is 2.05 bits per heavy atom. The van der Waals surface area contributed by atoms with Crippen molar-refractivity contribution in [2.75, 3.05) is 13.6 Å². The molecular weight excluding hydrogens is 258 g/mol. The Morgan fingerprint density at radius 3 is 2.55 bits per heavy atom. The van der Waals surface area contributed by atoms with E-state index >= 15 is 0 Å². The molecule has 6 nitrogen and oxygen atoms in total. The molecule has 1 fully saturated rings. The van der Waals surface area contributed by atoms with E-state index in [-0.39, 0.29) is 11.9 Å². The van der Waals surface area contributed by atoms with Crippen molar-refractivity contribution in [3.63, 3.8) is 0 Å². The molecule has 1 aliphatic heterocycles. The maximum Gasteiger partial charge on any atom is 0.287 e. The average molecular weight is 283 g/mol. The van der Waals surface area contributed by atoms with Gasteiger partial charge < -0.3 is 11.1 Å². The number of nitrogens with zero attached hydrogens (tertiary/aromatic N) is 1. The lowest BCUT2D eigenvalue weighted by Crippen LogP contribution is -2.51. The zero-order valence-corrected chi connectivity index (χ0v) is 12.4. The molecule has 0 aromatic heterocycles. The van der Waals surface area contributed by atoms with Crippen molar-refractivity contribution in [1.29, 1.82) is 0 Å². The normalized spacial score (nSPS) is 20.6. The number of hydrogen-bond acceptors (Lipinski definition) is 4. The van der Waals surface area contributed by atoms with Crippen LogP contribution in [0.15, 0.2) is 0 Å². The van der Waals surface area contributed by atoms with Crippen LogP contribution in [0.4, 0.5) is 0 Å². The predicted octanol–water partition coefficient (Wildman–Crippen LogP) is 0.200. The summed E-state index contributed by atoms with van der Waals surface area (Å²) in [7, 11) is 1.89. The molecule has 0 aliphatic carbocycles. The lowest BCUT2D eigenvalue weighted by molar-refractivity contribution is -0.139. The molecule has 0 aromatic carbocycles. The van der Waals surface area contributed by atoms with Gasteiger partial charge in [0.1, 0.15) is 0 Å². The van der Waals surface area contributed by atoms with Crippen LogP contribution in [0.5, 0.6) is 0 Å². The Bertz CT molecular complexity index is 371. The highest BCUT2D eigenvalue weighted by Crippen LogP contribution is 2.15. The fourth-order valence-electron chi connectivity index (χ4n) is 2.55. The van der Waals surface area contributed by atoms with Gasteiger partial charge in [0.05, 0.1) is 12.1 Å². The number of carbonyl (C=O) groups excluding carboxylic acids is 3. The summed E-state index contributed by atoms with van der Waals surface area (Å²) in [4.78, 5) is 37.0. The van der Waals surface area contributed by atoms with Gasteiger partial charge in [-0.05, 0) is 32.9 Å². The van der Waals surface area contributed by atoms with Crippen molar-refractivity contribution in [2.45, 2.75) is 57.5 Å². The molecule has 0 spiro atoms. The third-order valence-corrected chi connectivity index (χ3v) is 3.80.